The van der Waals surface area contributed by atoms with Crippen LogP contribution in [0.4, 0.5) is 0 Å². The van der Waals surface area contributed by atoms with E-state index in [1.54, 1.807) is 0 Å². The number of aliphatic carboxylic acids is 1. The number of thioether (sulfide) groups is 1. The van der Waals surface area contributed by atoms with Gasteiger partial charge in [-0.3, -0.25) is 4.79 Å². The van der Waals surface area contributed by atoms with Crippen molar-refractivity contribution in [3.05, 3.63) is 5.82 Å². The van der Waals surface area contributed by atoms with E-state index in [9.17, 15) is 4.79 Å². The molecule has 0 spiro atoms. The van der Waals surface area contributed by atoms with Crippen LogP contribution in [0.1, 0.15) is 31.2 Å². The van der Waals surface area contributed by atoms with E-state index in [1.165, 1.54) is 11.8 Å². The number of rotatable bonds is 4. The standard InChI is InChI=1S/C10H15N3O3S/c1-13-9(7-4-2-3-5-16-7)11-12-10(13)17-6-8(14)15/h7H,2-6H2,1H3,(H,14,15). The average Bonchev–Trinajstić information content (AvgIpc) is 2.69. The van der Waals surface area contributed by atoms with Gasteiger partial charge in [-0.2, -0.15) is 0 Å². The van der Waals surface area contributed by atoms with E-state index in [4.69, 9.17) is 9.84 Å². The Hall–Kier alpha value is -1.08. The van der Waals surface area contributed by atoms with Crippen LogP contribution in [0.25, 0.3) is 0 Å². The molecule has 1 aromatic heterocycles. The Morgan fingerprint density at radius 3 is 3.06 bits per heavy atom. The summed E-state index contributed by atoms with van der Waals surface area (Å²) in [5, 5.41) is 17.3. The highest BCUT2D eigenvalue weighted by molar-refractivity contribution is 7.99. The topological polar surface area (TPSA) is 77.2 Å². The maximum atomic E-state index is 10.5. The molecule has 1 atom stereocenters. The van der Waals surface area contributed by atoms with Gasteiger partial charge in [0.1, 0.15) is 6.10 Å². The Balaban J connectivity index is 2.05. The van der Waals surface area contributed by atoms with Crippen LogP contribution in [0.2, 0.25) is 0 Å². The number of hydrogen-bond donors (Lipinski definition) is 1. The number of carbonyl (C=O) groups is 1. The Morgan fingerprint density at radius 2 is 2.41 bits per heavy atom. The lowest BCUT2D eigenvalue weighted by Gasteiger charge is -2.21. The molecule has 7 heteroatoms. The molecular formula is C10H15N3O3S. The quantitative estimate of drug-likeness (QED) is 0.818. The predicted octanol–water partition coefficient (Wildman–Crippen LogP) is 1.23. The summed E-state index contributed by atoms with van der Waals surface area (Å²) in [6.45, 7) is 0.759. The maximum Gasteiger partial charge on any atom is 0.313 e. The largest absolute Gasteiger partial charge is 0.481 e. The molecule has 17 heavy (non-hydrogen) atoms. The summed E-state index contributed by atoms with van der Waals surface area (Å²) in [7, 11) is 1.84. The van der Waals surface area contributed by atoms with Gasteiger partial charge in [-0.15, -0.1) is 10.2 Å². The molecule has 1 unspecified atom stereocenters. The molecule has 2 rings (SSSR count). The molecule has 1 saturated heterocycles. The molecule has 6 nitrogen and oxygen atoms in total. The van der Waals surface area contributed by atoms with Crippen LogP contribution in [-0.4, -0.2) is 38.2 Å². The van der Waals surface area contributed by atoms with Crippen LogP contribution < -0.4 is 0 Å². The van der Waals surface area contributed by atoms with Crippen molar-refractivity contribution in [1.29, 1.82) is 0 Å². The van der Waals surface area contributed by atoms with Crippen LogP contribution in [0.3, 0.4) is 0 Å². The van der Waals surface area contributed by atoms with Crippen LogP contribution in [0, 0.1) is 0 Å². The summed E-state index contributed by atoms with van der Waals surface area (Å²) in [4.78, 5) is 10.5. The molecule has 0 radical (unpaired) electrons. The molecule has 2 heterocycles. The Kier molecular flexibility index (Phi) is 4.01. The molecule has 1 fully saturated rings. The summed E-state index contributed by atoms with van der Waals surface area (Å²) in [6, 6.07) is 0. The Labute approximate surface area is 103 Å². The second kappa shape index (κ2) is 5.50. The highest BCUT2D eigenvalue weighted by Gasteiger charge is 2.22. The van der Waals surface area contributed by atoms with E-state index in [0.717, 1.165) is 31.7 Å². The monoisotopic (exact) mass is 257 g/mol. The minimum Gasteiger partial charge on any atom is -0.481 e. The van der Waals surface area contributed by atoms with Gasteiger partial charge in [0.15, 0.2) is 11.0 Å². The van der Waals surface area contributed by atoms with E-state index in [2.05, 4.69) is 10.2 Å². The Bertz CT molecular complexity index is 402. The zero-order chi connectivity index (χ0) is 12.3. The molecule has 0 amide bonds. The lowest BCUT2D eigenvalue weighted by atomic mass is 10.1. The zero-order valence-electron chi connectivity index (χ0n) is 9.63. The molecular weight excluding hydrogens is 242 g/mol. The summed E-state index contributed by atoms with van der Waals surface area (Å²) in [6.07, 6.45) is 3.18. The minimum atomic E-state index is -0.853. The first-order chi connectivity index (χ1) is 8.18. The first kappa shape index (κ1) is 12.4. The number of hydrogen-bond acceptors (Lipinski definition) is 5. The number of carboxylic acids is 1. The van der Waals surface area contributed by atoms with Gasteiger partial charge in [-0.25, -0.2) is 0 Å². The third-order valence-corrected chi connectivity index (χ3v) is 3.67. The molecule has 1 aliphatic rings. The van der Waals surface area contributed by atoms with Gasteiger partial charge in [0, 0.05) is 13.7 Å². The van der Waals surface area contributed by atoms with Gasteiger partial charge in [0.25, 0.3) is 0 Å². The highest BCUT2D eigenvalue weighted by atomic mass is 32.2. The van der Waals surface area contributed by atoms with Crippen LogP contribution >= 0.6 is 11.8 Å². The first-order valence-corrected chi connectivity index (χ1v) is 6.52. The fourth-order valence-corrected chi connectivity index (χ4v) is 2.44. The SMILES string of the molecule is Cn1c(SCC(=O)O)nnc1C1CCCCO1. The van der Waals surface area contributed by atoms with E-state index in [-0.39, 0.29) is 11.9 Å². The van der Waals surface area contributed by atoms with Gasteiger partial charge >= 0.3 is 5.97 Å². The fraction of sp³-hybridized carbons (Fsp3) is 0.700. The molecule has 1 aromatic rings. The number of aromatic nitrogens is 3. The second-order valence-corrected chi connectivity index (χ2v) is 4.88. The van der Waals surface area contributed by atoms with Crippen molar-refractivity contribution in [2.45, 2.75) is 30.5 Å². The van der Waals surface area contributed by atoms with Gasteiger partial charge < -0.3 is 14.4 Å². The fourth-order valence-electron chi connectivity index (χ4n) is 1.80. The van der Waals surface area contributed by atoms with Crippen molar-refractivity contribution in [1.82, 2.24) is 14.8 Å². The summed E-state index contributed by atoms with van der Waals surface area (Å²) >= 11 is 1.17. The summed E-state index contributed by atoms with van der Waals surface area (Å²) in [5.41, 5.74) is 0. The van der Waals surface area contributed by atoms with E-state index >= 15 is 0 Å². The lowest BCUT2D eigenvalue weighted by Crippen LogP contribution is -2.15. The second-order valence-electron chi connectivity index (χ2n) is 3.94. The van der Waals surface area contributed by atoms with E-state index in [1.807, 2.05) is 11.6 Å². The van der Waals surface area contributed by atoms with Crippen LogP contribution in [0.15, 0.2) is 5.16 Å². The third kappa shape index (κ3) is 2.98. The normalized spacial score (nSPS) is 20.4. The van der Waals surface area contributed by atoms with Crippen LogP contribution in [-0.2, 0) is 16.6 Å². The van der Waals surface area contributed by atoms with E-state index in [0.29, 0.717) is 5.16 Å². The van der Waals surface area contributed by atoms with E-state index < -0.39 is 5.97 Å². The third-order valence-electron chi connectivity index (χ3n) is 2.66. The molecule has 1 N–H and O–H groups in total. The maximum absolute atomic E-state index is 10.5. The number of ether oxygens (including phenoxy) is 1. The summed E-state index contributed by atoms with van der Waals surface area (Å²) in [5.74, 6) is -0.0663. The average molecular weight is 257 g/mol. The van der Waals surface area contributed by atoms with Crippen molar-refractivity contribution in [2.24, 2.45) is 7.05 Å². The summed E-state index contributed by atoms with van der Waals surface area (Å²) < 4.78 is 7.46. The molecule has 0 aromatic carbocycles. The Morgan fingerprint density at radius 1 is 1.59 bits per heavy atom. The molecule has 0 saturated carbocycles. The van der Waals surface area contributed by atoms with Gasteiger partial charge in [-0.05, 0) is 19.3 Å². The van der Waals surface area contributed by atoms with Crippen molar-refractivity contribution >= 4 is 17.7 Å². The van der Waals surface area contributed by atoms with Gasteiger partial charge in [0.05, 0.1) is 5.75 Å². The van der Waals surface area contributed by atoms with Crippen molar-refractivity contribution in [2.75, 3.05) is 12.4 Å². The van der Waals surface area contributed by atoms with Crippen molar-refractivity contribution < 1.29 is 14.6 Å². The van der Waals surface area contributed by atoms with Gasteiger partial charge in [-0.1, -0.05) is 11.8 Å². The van der Waals surface area contributed by atoms with Crippen molar-refractivity contribution in [3.8, 4) is 0 Å². The lowest BCUT2D eigenvalue weighted by molar-refractivity contribution is -0.133. The smallest absolute Gasteiger partial charge is 0.313 e. The van der Waals surface area contributed by atoms with Crippen LogP contribution in [0.5, 0.6) is 0 Å². The number of carboxylic acid groups (broad SMARTS) is 1. The highest BCUT2D eigenvalue weighted by Crippen LogP contribution is 2.28. The molecule has 1 aliphatic heterocycles. The predicted molar refractivity (Wildman–Crippen MR) is 61.9 cm³/mol. The molecule has 0 bridgehead atoms. The molecule has 0 aliphatic carbocycles. The zero-order valence-corrected chi connectivity index (χ0v) is 10.4. The first-order valence-electron chi connectivity index (χ1n) is 5.54. The minimum absolute atomic E-state index is 0.000396. The van der Waals surface area contributed by atoms with Crippen molar-refractivity contribution in [3.63, 3.8) is 0 Å². The number of nitrogens with zero attached hydrogens (tertiary/aromatic N) is 3. The molecule has 94 valence electrons. The van der Waals surface area contributed by atoms with Gasteiger partial charge in [0.2, 0.25) is 0 Å².